The molecule has 1 aliphatic carbocycles. The minimum Gasteiger partial charge on any atom is -0.313 e. The molecule has 0 aromatic carbocycles. The van der Waals surface area contributed by atoms with Gasteiger partial charge in [0, 0.05) is 17.5 Å². The molecule has 0 aliphatic heterocycles. The van der Waals surface area contributed by atoms with Gasteiger partial charge in [-0.3, -0.25) is 0 Å². The molecule has 1 atom stereocenters. The maximum Gasteiger partial charge on any atom is 0.00684 e. The van der Waals surface area contributed by atoms with E-state index in [4.69, 9.17) is 0 Å². The Morgan fingerprint density at radius 2 is 2.22 bits per heavy atom. The first-order valence-electron chi connectivity index (χ1n) is 7.54. The Morgan fingerprint density at radius 1 is 1.39 bits per heavy atom. The van der Waals surface area contributed by atoms with E-state index in [9.17, 15) is 0 Å². The minimum absolute atomic E-state index is 0.490. The zero-order chi connectivity index (χ0) is 12.8. The van der Waals surface area contributed by atoms with Gasteiger partial charge in [-0.1, -0.05) is 32.8 Å². The van der Waals surface area contributed by atoms with E-state index in [0.717, 1.165) is 6.04 Å². The molecular formula is C16H27NS. The van der Waals surface area contributed by atoms with Gasteiger partial charge in [0.25, 0.3) is 0 Å². The van der Waals surface area contributed by atoms with E-state index in [1.54, 1.807) is 4.88 Å². The highest BCUT2D eigenvalue weighted by molar-refractivity contribution is 7.09. The summed E-state index contributed by atoms with van der Waals surface area (Å²) in [4.78, 5) is 1.56. The quantitative estimate of drug-likeness (QED) is 0.686. The Morgan fingerprint density at radius 3 is 2.78 bits per heavy atom. The van der Waals surface area contributed by atoms with E-state index in [-0.39, 0.29) is 0 Å². The number of nitrogens with one attached hydrogen (secondary N) is 1. The van der Waals surface area contributed by atoms with Crippen LogP contribution in [0.2, 0.25) is 0 Å². The van der Waals surface area contributed by atoms with E-state index < -0.39 is 0 Å². The fourth-order valence-corrected chi connectivity index (χ4v) is 3.53. The lowest BCUT2D eigenvalue weighted by atomic mass is 9.76. The second-order valence-corrected chi connectivity index (χ2v) is 6.90. The van der Waals surface area contributed by atoms with Crippen molar-refractivity contribution in [3.63, 3.8) is 0 Å². The third-order valence-corrected chi connectivity index (χ3v) is 5.16. The van der Waals surface area contributed by atoms with Crippen LogP contribution in [0.1, 0.15) is 57.2 Å². The summed E-state index contributed by atoms with van der Waals surface area (Å²) in [5, 5.41) is 5.99. The van der Waals surface area contributed by atoms with Crippen molar-refractivity contribution in [2.24, 2.45) is 5.41 Å². The van der Waals surface area contributed by atoms with Crippen molar-refractivity contribution in [2.45, 2.75) is 64.8 Å². The molecule has 1 aromatic rings. The van der Waals surface area contributed by atoms with Crippen molar-refractivity contribution >= 4 is 11.3 Å². The number of rotatable bonds is 9. The molecule has 1 N–H and O–H groups in total. The highest BCUT2D eigenvalue weighted by atomic mass is 32.1. The van der Waals surface area contributed by atoms with Crippen LogP contribution in [0.5, 0.6) is 0 Å². The molecule has 18 heavy (non-hydrogen) atoms. The van der Waals surface area contributed by atoms with Crippen LogP contribution in [0.3, 0.4) is 0 Å². The van der Waals surface area contributed by atoms with Crippen molar-refractivity contribution < 1.29 is 0 Å². The van der Waals surface area contributed by atoms with Gasteiger partial charge in [-0.05, 0) is 49.0 Å². The molecule has 102 valence electrons. The molecule has 0 amide bonds. The molecule has 0 bridgehead atoms. The molecule has 2 heteroatoms. The molecule has 0 spiro atoms. The summed E-state index contributed by atoms with van der Waals surface area (Å²) in [6.45, 7) is 5.89. The average molecular weight is 265 g/mol. The summed E-state index contributed by atoms with van der Waals surface area (Å²) in [5.74, 6) is 0. The molecule has 1 unspecified atom stereocenters. The highest BCUT2D eigenvalue weighted by Crippen LogP contribution is 2.35. The first kappa shape index (κ1) is 14.1. The van der Waals surface area contributed by atoms with Crippen molar-refractivity contribution in [3.8, 4) is 0 Å². The third kappa shape index (κ3) is 4.10. The minimum atomic E-state index is 0.490. The van der Waals surface area contributed by atoms with Gasteiger partial charge in [0.05, 0.1) is 0 Å². The Bertz CT molecular complexity index is 329. The molecule has 1 aliphatic rings. The topological polar surface area (TPSA) is 12.0 Å². The zero-order valence-electron chi connectivity index (χ0n) is 11.9. The Hall–Kier alpha value is -0.340. The van der Waals surface area contributed by atoms with Crippen molar-refractivity contribution in [1.29, 1.82) is 0 Å². The Labute approximate surface area is 116 Å². The summed E-state index contributed by atoms with van der Waals surface area (Å²) >= 11 is 1.92. The molecule has 1 saturated carbocycles. The fourth-order valence-electron chi connectivity index (χ4n) is 2.65. The molecule has 1 aromatic heterocycles. The van der Waals surface area contributed by atoms with Gasteiger partial charge in [0.1, 0.15) is 0 Å². The first-order valence-corrected chi connectivity index (χ1v) is 8.42. The third-order valence-electron chi connectivity index (χ3n) is 4.28. The summed E-state index contributed by atoms with van der Waals surface area (Å²) in [6, 6.07) is 5.33. The average Bonchev–Trinajstić information content (AvgIpc) is 3.10. The molecule has 0 saturated heterocycles. The van der Waals surface area contributed by atoms with Crippen LogP contribution in [-0.4, -0.2) is 12.6 Å². The second kappa shape index (κ2) is 6.72. The van der Waals surface area contributed by atoms with Gasteiger partial charge in [0.2, 0.25) is 0 Å². The van der Waals surface area contributed by atoms with Gasteiger partial charge in [-0.25, -0.2) is 0 Å². The summed E-state index contributed by atoms with van der Waals surface area (Å²) in [5.41, 5.74) is 0.490. The van der Waals surface area contributed by atoms with E-state index in [1.807, 2.05) is 11.3 Å². The normalized spacial score (nSPS) is 18.8. The van der Waals surface area contributed by atoms with E-state index >= 15 is 0 Å². The van der Waals surface area contributed by atoms with Crippen LogP contribution in [0.25, 0.3) is 0 Å². The largest absolute Gasteiger partial charge is 0.313 e. The molecule has 1 heterocycles. The van der Waals surface area contributed by atoms with Gasteiger partial charge >= 0.3 is 0 Å². The van der Waals surface area contributed by atoms with Crippen LogP contribution < -0.4 is 5.32 Å². The van der Waals surface area contributed by atoms with E-state index in [1.165, 1.54) is 51.5 Å². The molecule has 0 radical (unpaired) electrons. The standard InChI is InChI=1S/C16H27NS/c1-3-5-10-16(4-2,13-17-14-8-9-14)12-15-7-6-11-18-15/h6-7,11,14,17H,3-5,8-10,12-13H2,1-2H3. The predicted octanol–water partition coefficient (Wildman–Crippen LogP) is 4.63. The Kier molecular flexibility index (Phi) is 5.25. The number of hydrogen-bond acceptors (Lipinski definition) is 2. The zero-order valence-corrected chi connectivity index (χ0v) is 12.7. The van der Waals surface area contributed by atoms with Crippen molar-refractivity contribution in [2.75, 3.05) is 6.54 Å². The van der Waals surface area contributed by atoms with Crippen LogP contribution in [-0.2, 0) is 6.42 Å². The lowest BCUT2D eigenvalue weighted by molar-refractivity contribution is 0.230. The first-order chi connectivity index (χ1) is 8.78. The maximum absolute atomic E-state index is 3.77. The second-order valence-electron chi connectivity index (χ2n) is 5.87. The van der Waals surface area contributed by atoms with Crippen LogP contribution in [0.15, 0.2) is 17.5 Å². The van der Waals surface area contributed by atoms with Crippen LogP contribution >= 0.6 is 11.3 Å². The van der Waals surface area contributed by atoms with Crippen LogP contribution in [0, 0.1) is 5.41 Å². The van der Waals surface area contributed by atoms with Gasteiger partial charge in [-0.2, -0.15) is 0 Å². The fraction of sp³-hybridized carbons (Fsp3) is 0.750. The number of unbranched alkanes of at least 4 members (excludes halogenated alkanes) is 1. The van der Waals surface area contributed by atoms with Crippen molar-refractivity contribution in [1.82, 2.24) is 5.32 Å². The molecule has 2 rings (SSSR count). The van der Waals surface area contributed by atoms with Gasteiger partial charge in [0.15, 0.2) is 0 Å². The maximum atomic E-state index is 3.77. The Balaban J connectivity index is 1.97. The van der Waals surface area contributed by atoms with Gasteiger partial charge < -0.3 is 5.32 Å². The SMILES string of the molecule is CCCCC(CC)(CNC1CC1)Cc1cccs1. The lowest BCUT2D eigenvalue weighted by Gasteiger charge is -2.33. The predicted molar refractivity (Wildman–Crippen MR) is 81.3 cm³/mol. The van der Waals surface area contributed by atoms with Crippen molar-refractivity contribution in [3.05, 3.63) is 22.4 Å². The highest BCUT2D eigenvalue weighted by Gasteiger charge is 2.31. The number of hydrogen-bond donors (Lipinski definition) is 1. The molecular weight excluding hydrogens is 238 g/mol. The van der Waals surface area contributed by atoms with E-state index in [0.29, 0.717) is 5.41 Å². The molecule has 1 nitrogen and oxygen atoms in total. The smallest absolute Gasteiger partial charge is 0.00684 e. The van der Waals surface area contributed by atoms with E-state index in [2.05, 4.69) is 36.7 Å². The van der Waals surface area contributed by atoms with Crippen LogP contribution in [0.4, 0.5) is 0 Å². The monoisotopic (exact) mass is 265 g/mol. The summed E-state index contributed by atoms with van der Waals surface area (Å²) in [6.07, 6.45) is 9.41. The summed E-state index contributed by atoms with van der Waals surface area (Å²) in [7, 11) is 0. The van der Waals surface area contributed by atoms with Gasteiger partial charge in [-0.15, -0.1) is 11.3 Å². The number of thiophene rings is 1. The lowest BCUT2D eigenvalue weighted by Crippen LogP contribution is -2.36. The molecule has 1 fully saturated rings. The summed E-state index contributed by atoms with van der Waals surface area (Å²) < 4.78 is 0.